The van der Waals surface area contributed by atoms with Crippen LogP contribution in [-0.2, 0) is 7.05 Å². The summed E-state index contributed by atoms with van der Waals surface area (Å²) < 4.78 is 1.50. The van der Waals surface area contributed by atoms with Crippen molar-refractivity contribution < 1.29 is 15.7 Å². The molecule has 0 fully saturated rings. The van der Waals surface area contributed by atoms with Crippen LogP contribution in [0, 0.1) is 0 Å². The standard InChI is InChI=1S/C5H7N3O.2CH4.2H2O/c1-4(9)5-3-8(2)7-6-5;;;;/h3H,1-2H3;2*1H4;2*1H2. The Morgan fingerprint density at radius 3 is 2.00 bits per heavy atom. The van der Waals surface area contributed by atoms with Gasteiger partial charge in [-0.05, 0) is 0 Å². The van der Waals surface area contributed by atoms with E-state index >= 15 is 0 Å². The molecule has 0 aliphatic heterocycles. The Labute approximate surface area is 78.2 Å². The molecule has 0 aliphatic rings. The molecule has 0 radical (unpaired) electrons. The summed E-state index contributed by atoms with van der Waals surface area (Å²) in [5, 5.41) is 7.16. The van der Waals surface area contributed by atoms with Crippen LogP contribution in [0.4, 0.5) is 0 Å². The maximum absolute atomic E-state index is 10.5. The second-order valence-corrected chi connectivity index (χ2v) is 1.83. The summed E-state index contributed by atoms with van der Waals surface area (Å²) in [5.41, 5.74) is 0.414. The molecular weight excluding hydrogens is 174 g/mol. The minimum atomic E-state index is -0.0527. The average molecular weight is 193 g/mol. The molecule has 4 N–H and O–H groups in total. The number of aryl methyl sites for hydroxylation is 1. The Balaban J connectivity index is -0.000000101. The van der Waals surface area contributed by atoms with Crippen LogP contribution < -0.4 is 0 Å². The third-order valence-electron chi connectivity index (χ3n) is 0.963. The molecule has 1 rings (SSSR count). The Morgan fingerprint density at radius 1 is 1.38 bits per heavy atom. The fraction of sp³-hybridized carbons (Fsp3) is 0.571. The van der Waals surface area contributed by atoms with E-state index in [0.717, 1.165) is 0 Å². The smallest absolute Gasteiger partial charge is 0.181 e. The quantitative estimate of drug-likeness (QED) is 0.567. The third kappa shape index (κ3) is 5.94. The topological polar surface area (TPSA) is 111 Å². The molecular formula is C7H19N3O3. The van der Waals surface area contributed by atoms with Crippen LogP contribution in [0.5, 0.6) is 0 Å². The third-order valence-corrected chi connectivity index (χ3v) is 0.963. The number of ketones is 1. The number of nitrogens with zero attached hydrogens (tertiary/aromatic N) is 3. The van der Waals surface area contributed by atoms with Gasteiger partial charge in [-0.15, -0.1) is 5.10 Å². The molecule has 0 saturated carbocycles. The van der Waals surface area contributed by atoms with Crippen molar-refractivity contribution >= 4 is 5.78 Å². The molecule has 0 spiro atoms. The molecule has 0 aliphatic carbocycles. The van der Waals surface area contributed by atoms with Crippen LogP contribution in [0.3, 0.4) is 0 Å². The van der Waals surface area contributed by atoms with Crippen molar-refractivity contribution in [1.82, 2.24) is 15.0 Å². The molecule has 0 unspecified atom stereocenters. The number of hydrogen-bond donors (Lipinski definition) is 0. The van der Waals surface area contributed by atoms with E-state index < -0.39 is 0 Å². The van der Waals surface area contributed by atoms with Gasteiger partial charge in [0.15, 0.2) is 5.78 Å². The summed E-state index contributed by atoms with van der Waals surface area (Å²) in [6, 6.07) is 0. The van der Waals surface area contributed by atoms with Gasteiger partial charge in [0, 0.05) is 14.0 Å². The highest BCUT2D eigenvalue weighted by atomic mass is 16.1. The Bertz CT molecular complexity index is 235. The molecule has 0 atom stereocenters. The van der Waals surface area contributed by atoms with Gasteiger partial charge in [-0.2, -0.15) is 0 Å². The second-order valence-electron chi connectivity index (χ2n) is 1.83. The van der Waals surface area contributed by atoms with Gasteiger partial charge in [0.05, 0.1) is 6.20 Å². The maximum Gasteiger partial charge on any atom is 0.181 e. The van der Waals surface area contributed by atoms with Gasteiger partial charge in [-0.25, -0.2) is 0 Å². The molecule has 13 heavy (non-hydrogen) atoms. The van der Waals surface area contributed by atoms with E-state index in [2.05, 4.69) is 10.3 Å². The summed E-state index contributed by atoms with van der Waals surface area (Å²) in [7, 11) is 1.72. The van der Waals surface area contributed by atoms with E-state index in [0.29, 0.717) is 5.69 Å². The molecule has 0 saturated heterocycles. The minimum Gasteiger partial charge on any atom is -0.412 e. The number of rotatable bonds is 1. The molecule has 0 aromatic carbocycles. The maximum atomic E-state index is 10.5. The van der Waals surface area contributed by atoms with Crippen molar-refractivity contribution in [2.24, 2.45) is 7.05 Å². The van der Waals surface area contributed by atoms with Gasteiger partial charge in [-0.1, -0.05) is 20.1 Å². The number of hydrogen-bond acceptors (Lipinski definition) is 3. The van der Waals surface area contributed by atoms with E-state index in [1.807, 2.05) is 0 Å². The second kappa shape index (κ2) is 8.82. The van der Waals surface area contributed by atoms with Gasteiger partial charge in [0.1, 0.15) is 5.69 Å². The highest BCUT2D eigenvalue weighted by Gasteiger charge is 2.01. The van der Waals surface area contributed by atoms with E-state index in [4.69, 9.17) is 0 Å². The fourth-order valence-corrected chi connectivity index (χ4v) is 0.509. The van der Waals surface area contributed by atoms with Crippen molar-refractivity contribution in [2.75, 3.05) is 0 Å². The molecule has 0 amide bonds. The van der Waals surface area contributed by atoms with Crippen molar-refractivity contribution in [3.8, 4) is 0 Å². The van der Waals surface area contributed by atoms with E-state index in [9.17, 15) is 4.79 Å². The lowest BCUT2D eigenvalue weighted by molar-refractivity contribution is 0.101. The predicted molar refractivity (Wildman–Crippen MR) is 51.7 cm³/mol. The first-order chi connectivity index (χ1) is 4.20. The van der Waals surface area contributed by atoms with Crippen LogP contribution in [0.2, 0.25) is 0 Å². The average Bonchev–Trinajstić information content (AvgIpc) is 2.14. The van der Waals surface area contributed by atoms with Gasteiger partial charge >= 0.3 is 0 Å². The predicted octanol–water partition coefficient (Wildman–Crippen LogP) is -0.360. The van der Waals surface area contributed by atoms with Crippen LogP contribution in [0.15, 0.2) is 6.20 Å². The molecule has 1 aromatic rings. The Kier molecular flexibility index (Phi) is 15.3. The van der Waals surface area contributed by atoms with Crippen LogP contribution in [0.1, 0.15) is 32.3 Å². The van der Waals surface area contributed by atoms with E-state index in [1.54, 1.807) is 13.2 Å². The number of carbonyl (C=O) groups is 1. The lowest BCUT2D eigenvalue weighted by Gasteiger charge is -1.78. The van der Waals surface area contributed by atoms with Gasteiger partial charge in [0.2, 0.25) is 0 Å². The molecule has 0 bridgehead atoms. The number of carbonyl (C=O) groups excluding carboxylic acids is 1. The zero-order chi connectivity index (χ0) is 6.85. The fourth-order valence-electron chi connectivity index (χ4n) is 0.509. The van der Waals surface area contributed by atoms with Crippen molar-refractivity contribution in [3.63, 3.8) is 0 Å². The summed E-state index contributed by atoms with van der Waals surface area (Å²) in [6.45, 7) is 1.46. The van der Waals surface area contributed by atoms with Crippen molar-refractivity contribution in [1.29, 1.82) is 0 Å². The van der Waals surface area contributed by atoms with E-state index in [1.165, 1.54) is 11.6 Å². The first kappa shape index (κ1) is 22.6. The molecule has 1 aromatic heterocycles. The summed E-state index contributed by atoms with van der Waals surface area (Å²) >= 11 is 0. The largest absolute Gasteiger partial charge is 0.412 e. The lowest BCUT2D eigenvalue weighted by atomic mass is 10.3. The Hall–Kier alpha value is -1.27. The highest BCUT2D eigenvalue weighted by molar-refractivity contribution is 5.91. The van der Waals surface area contributed by atoms with Crippen LogP contribution in [0.25, 0.3) is 0 Å². The molecule has 6 nitrogen and oxygen atoms in total. The van der Waals surface area contributed by atoms with Crippen molar-refractivity contribution in [3.05, 3.63) is 11.9 Å². The zero-order valence-electron chi connectivity index (χ0n) is 6.33. The SMILES string of the molecule is C.C.CC(=O)c1cn(C)nn1.O.O. The number of Topliss-reactive ketones (excluding diaryl/α,β-unsaturated/α-hetero) is 1. The van der Waals surface area contributed by atoms with Gasteiger partial charge in [-0.3, -0.25) is 9.48 Å². The zero-order valence-corrected chi connectivity index (χ0v) is 6.33. The lowest BCUT2D eigenvalue weighted by Crippen LogP contribution is -1.90. The Morgan fingerprint density at radius 2 is 1.85 bits per heavy atom. The molecule has 1 heterocycles. The number of aromatic nitrogens is 3. The highest BCUT2D eigenvalue weighted by Crippen LogP contribution is 1.90. The molecule has 80 valence electrons. The summed E-state index contributed by atoms with van der Waals surface area (Å²) in [4.78, 5) is 10.5. The first-order valence-corrected chi connectivity index (χ1v) is 2.57. The monoisotopic (exact) mass is 193 g/mol. The van der Waals surface area contributed by atoms with Crippen LogP contribution >= 0.6 is 0 Å². The minimum absolute atomic E-state index is 0. The molecule has 6 heteroatoms. The summed E-state index contributed by atoms with van der Waals surface area (Å²) in [5.74, 6) is -0.0527. The first-order valence-electron chi connectivity index (χ1n) is 2.57. The normalized spacial score (nSPS) is 6.62. The van der Waals surface area contributed by atoms with Crippen molar-refractivity contribution in [2.45, 2.75) is 21.8 Å². The van der Waals surface area contributed by atoms with Gasteiger partial charge in [0.25, 0.3) is 0 Å². The summed E-state index contributed by atoms with van der Waals surface area (Å²) in [6.07, 6.45) is 1.59. The van der Waals surface area contributed by atoms with Gasteiger partial charge < -0.3 is 11.0 Å². The van der Waals surface area contributed by atoms with E-state index in [-0.39, 0.29) is 31.6 Å². The van der Waals surface area contributed by atoms with Crippen LogP contribution in [-0.4, -0.2) is 31.7 Å².